The number of ether oxygens (including phenoxy) is 3. The summed E-state index contributed by atoms with van der Waals surface area (Å²) in [5, 5.41) is 0. The first-order valence-corrected chi connectivity index (χ1v) is 5.82. The Morgan fingerprint density at radius 2 is 2.25 bits per heavy atom. The number of carbonyl (C=O) groups excluding carboxylic acids is 1. The van der Waals surface area contributed by atoms with Crippen molar-refractivity contribution in [2.24, 2.45) is 11.8 Å². The van der Waals surface area contributed by atoms with E-state index in [2.05, 4.69) is 13.8 Å². The second kappa shape index (κ2) is 3.70. The quantitative estimate of drug-likeness (QED) is 0.541. The Morgan fingerprint density at radius 3 is 2.81 bits per heavy atom. The van der Waals surface area contributed by atoms with E-state index < -0.39 is 11.2 Å². The third-order valence-corrected chi connectivity index (χ3v) is 3.78. The Balaban J connectivity index is 2.12. The highest BCUT2D eigenvalue weighted by atomic mass is 16.7. The van der Waals surface area contributed by atoms with E-state index in [1.165, 1.54) is 7.11 Å². The van der Waals surface area contributed by atoms with Gasteiger partial charge < -0.3 is 14.2 Å². The molecule has 3 atom stereocenters. The molecule has 1 spiro atoms. The van der Waals surface area contributed by atoms with Gasteiger partial charge in [-0.15, -0.1) is 0 Å². The van der Waals surface area contributed by atoms with Crippen LogP contribution < -0.4 is 0 Å². The van der Waals surface area contributed by atoms with Crippen LogP contribution in [-0.2, 0) is 19.0 Å². The molecule has 3 unspecified atom stereocenters. The minimum Gasteiger partial charge on any atom is -0.467 e. The molecule has 2 saturated heterocycles. The smallest absolute Gasteiger partial charge is 0.341 e. The van der Waals surface area contributed by atoms with Gasteiger partial charge in [0.15, 0.2) is 5.60 Å². The molecule has 0 aromatic rings. The van der Waals surface area contributed by atoms with Crippen LogP contribution in [0.2, 0.25) is 0 Å². The van der Waals surface area contributed by atoms with Crippen molar-refractivity contribution in [1.82, 2.24) is 0 Å². The van der Waals surface area contributed by atoms with Gasteiger partial charge in [-0.2, -0.15) is 0 Å². The fourth-order valence-corrected chi connectivity index (χ4v) is 2.82. The molecule has 0 amide bonds. The normalized spacial score (nSPS) is 41.7. The van der Waals surface area contributed by atoms with Crippen LogP contribution in [0, 0.1) is 11.8 Å². The van der Waals surface area contributed by atoms with Crippen molar-refractivity contribution in [3.05, 3.63) is 0 Å². The molecule has 16 heavy (non-hydrogen) atoms. The third kappa shape index (κ3) is 1.47. The molecular formula is C12H20O4. The molecule has 2 rings (SSSR count). The van der Waals surface area contributed by atoms with Gasteiger partial charge in [-0.1, -0.05) is 13.8 Å². The monoisotopic (exact) mass is 228 g/mol. The molecule has 4 heteroatoms. The van der Waals surface area contributed by atoms with Crippen LogP contribution in [0.1, 0.15) is 27.2 Å². The van der Waals surface area contributed by atoms with Crippen molar-refractivity contribution in [2.75, 3.05) is 20.3 Å². The topological polar surface area (TPSA) is 48.1 Å². The van der Waals surface area contributed by atoms with Crippen LogP contribution in [0.3, 0.4) is 0 Å². The molecule has 0 saturated carbocycles. The molecule has 4 nitrogen and oxygen atoms in total. The maximum atomic E-state index is 11.7. The van der Waals surface area contributed by atoms with E-state index >= 15 is 0 Å². The number of epoxide rings is 1. The van der Waals surface area contributed by atoms with Gasteiger partial charge in [0.1, 0.15) is 5.60 Å². The van der Waals surface area contributed by atoms with Crippen molar-refractivity contribution in [3.8, 4) is 0 Å². The second-order valence-electron chi connectivity index (χ2n) is 5.36. The van der Waals surface area contributed by atoms with Gasteiger partial charge in [0.05, 0.1) is 20.3 Å². The first kappa shape index (κ1) is 11.9. The average molecular weight is 228 g/mol. The summed E-state index contributed by atoms with van der Waals surface area (Å²) >= 11 is 0. The van der Waals surface area contributed by atoms with E-state index in [1.807, 2.05) is 0 Å². The lowest BCUT2D eigenvalue weighted by Crippen LogP contribution is -2.38. The predicted octanol–water partition coefficient (Wildman–Crippen LogP) is 1.38. The van der Waals surface area contributed by atoms with E-state index in [0.29, 0.717) is 25.0 Å². The van der Waals surface area contributed by atoms with Crippen LogP contribution >= 0.6 is 0 Å². The summed E-state index contributed by atoms with van der Waals surface area (Å²) in [6.45, 7) is 7.34. The van der Waals surface area contributed by atoms with Gasteiger partial charge in [0, 0.05) is 5.92 Å². The number of esters is 1. The molecule has 0 N–H and O–H groups in total. The Morgan fingerprint density at radius 1 is 1.56 bits per heavy atom. The molecule has 0 bridgehead atoms. The number of methoxy groups -OCH3 is 1. The summed E-state index contributed by atoms with van der Waals surface area (Å²) in [5.41, 5.74) is -1.22. The maximum Gasteiger partial charge on any atom is 0.341 e. The van der Waals surface area contributed by atoms with Crippen molar-refractivity contribution in [3.63, 3.8) is 0 Å². The summed E-state index contributed by atoms with van der Waals surface area (Å²) in [6, 6.07) is 0. The van der Waals surface area contributed by atoms with Crippen molar-refractivity contribution >= 4 is 5.97 Å². The molecule has 0 radical (unpaired) electrons. The van der Waals surface area contributed by atoms with Crippen LogP contribution in [0.5, 0.6) is 0 Å². The number of carbonyl (C=O) groups is 1. The fourth-order valence-electron chi connectivity index (χ4n) is 2.82. The largest absolute Gasteiger partial charge is 0.467 e. The molecule has 0 aliphatic carbocycles. The molecule has 92 valence electrons. The molecule has 0 aromatic carbocycles. The number of rotatable bonds is 3. The van der Waals surface area contributed by atoms with E-state index in [9.17, 15) is 4.79 Å². The van der Waals surface area contributed by atoms with Crippen LogP contribution in [0.15, 0.2) is 0 Å². The van der Waals surface area contributed by atoms with Gasteiger partial charge in [-0.3, -0.25) is 0 Å². The summed E-state index contributed by atoms with van der Waals surface area (Å²) in [4.78, 5) is 11.7. The Bertz CT molecular complexity index is 301. The van der Waals surface area contributed by atoms with E-state index in [-0.39, 0.29) is 5.97 Å². The Hall–Kier alpha value is -0.610. The fraction of sp³-hybridized carbons (Fsp3) is 0.917. The SMILES string of the molecule is COC(=O)C1(C)OC12COCC2CC(C)C. The number of hydrogen-bond acceptors (Lipinski definition) is 4. The standard InChI is InChI=1S/C12H20O4/c1-8(2)5-9-6-15-7-12(9)11(3,16-12)10(13)14-4/h8-9H,5-7H2,1-4H3. The molecule has 0 aromatic heterocycles. The predicted molar refractivity (Wildman–Crippen MR) is 58.0 cm³/mol. The van der Waals surface area contributed by atoms with Crippen LogP contribution in [0.25, 0.3) is 0 Å². The van der Waals surface area contributed by atoms with Crippen LogP contribution in [0.4, 0.5) is 0 Å². The zero-order valence-corrected chi connectivity index (χ0v) is 10.4. The Labute approximate surface area is 96.2 Å². The van der Waals surface area contributed by atoms with E-state index in [1.54, 1.807) is 6.92 Å². The van der Waals surface area contributed by atoms with E-state index in [4.69, 9.17) is 14.2 Å². The van der Waals surface area contributed by atoms with E-state index in [0.717, 1.165) is 6.42 Å². The molecule has 2 aliphatic rings. The van der Waals surface area contributed by atoms with Gasteiger partial charge >= 0.3 is 5.97 Å². The average Bonchev–Trinajstić information content (AvgIpc) is 2.63. The number of hydrogen-bond donors (Lipinski definition) is 0. The zero-order chi connectivity index (χ0) is 12.0. The summed E-state index contributed by atoms with van der Waals surface area (Å²) in [6.07, 6.45) is 1.02. The highest BCUT2D eigenvalue weighted by molar-refractivity contribution is 5.84. The van der Waals surface area contributed by atoms with Crippen LogP contribution in [-0.4, -0.2) is 37.5 Å². The summed E-state index contributed by atoms with van der Waals surface area (Å²) < 4.78 is 16.0. The molecule has 2 fully saturated rings. The highest BCUT2D eigenvalue weighted by Crippen LogP contribution is 2.57. The summed E-state index contributed by atoms with van der Waals surface area (Å²) in [7, 11) is 1.40. The lowest BCUT2D eigenvalue weighted by atomic mass is 9.80. The lowest BCUT2D eigenvalue weighted by Gasteiger charge is -2.18. The molecule has 2 aliphatic heterocycles. The minimum atomic E-state index is -0.794. The van der Waals surface area contributed by atoms with Crippen molar-refractivity contribution in [2.45, 2.75) is 38.4 Å². The van der Waals surface area contributed by atoms with Gasteiger partial charge in [0.25, 0.3) is 0 Å². The van der Waals surface area contributed by atoms with Crippen molar-refractivity contribution < 1.29 is 19.0 Å². The zero-order valence-electron chi connectivity index (χ0n) is 10.4. The van der Waals surface area contributed by atoms with Crippen molar-refractivity contribution in [1.29, 1.82) is 0 Å². The highest BCUT2D eigenvalue weighted by Gasteiger charge is 2.77. The first-order chi connectivity index (χ1) is 7.46. The molecule has 2 heterocycles. The van der Waals surface area contributed by atoms with Gasteiger partial charge in [-0.05, 0) is 19.3 Å². The lowest BCUT2D eigenvalue weighted by molar-refractivity contribution is -0.146. The minimum absolute atomic E-state index is 0.285. The summed E-state index contributed by atoms with van der Waals surface area (Å²) in [5.74, 6) is 0.595. The Kier molecular flexibility index (Phi) is 2.75. The first-order valence-electron chi connectivity index (χ1n) is 5.82. The third-order valence-electron chi connectivity index (χ3n) is 3.78. The maximum absolute atomic E-state index is 11.7. The molecular weight excluding hydrogens is 208 g/mol. The van der Waals surface area contributed by atoms with Gasteiger partial charge in [-0.25, -0.2) is 4.79 Å². The second-order valence-corrected chi connectivity index (χ2v) is 5.36. The van der Waals surface area contributed by atoms with Gasteiger partial charge in [0.2, 0.25) is 0 Å².